The number of hydrogen-bond donors (Lipinski definition) is 0. The molecule has 5 heteroatoms. The van der Waals surface area contributed by atoms with Crippen LogP contribution in [0.25, 0.3) is 0 Å². The summed E-state index contributed by atoms with van der Waals surface area (Å²) in [4.78, 5) is 17.3. The Morgan fingerprint density at radius 1 is 1.32 bits per heavy atom. The lowest BCUT2D eigenvalue weighted by Crippen LogP contribution is -2.47. The summed E-state index contributed by atoms with van der Waals surface area (Å²) in [6.07, 6.45) is 1.53. The summed E-state index contributed by atoms with van der Waals surface area (Å²) in [5, 5.41) is 0. The fourth-order valence-corrected chi connectivity index (χ4v) is 4.10. The van der Waals surface area contributed by atoms with Crippen LogP contribution in [-0.4, -0.2) is 61.1 Å². The first kappa shape index (κ1) is 18.3. The van der Waals surface area contributed by atoms with Gasteiger partial charge in [0.05, 0.1) is 13.2 Å². The molecular formula is C20H29FN2O2. The molecule has 1 aromatic rings. The Morgan fingerprint density at radius 3 is 2.76 bits per heavy atom. The quantitative estimate of drug-likeness (QED) is 0.820. The molecule has 2 heterocycles. The van der Waals surface area contributed by atoms with Crippen molar-refractivity contribution in [2.75, 3.05) is 39.4 Å². The summed E-state index contributed by atoms with van der Waals surface area (Å²) in [5.41, 5.74) is 0.893. The lowest BCUT2D eigenvalue weighted by molar-refractivity contribution is -0.130. The van der Waals surface area contributed by atoms with Gasteiger partial charge in [-0.25, -0.2) is 4.39 Å². The molecule has 0 radical (unpaired) electrons. The smallest absolute Gasteiger partial charge is 0.223 e. The zero-order chi connectivity index (χ0) is 17.8. The van der Waals surface area contributed by atoms with Crippen molar-refractivity contribution in [1.82, 2.24) is 9.80 Å². The van der Waals surface area contributed by atoms with Crippen LogP contribution in [0.2, 0.25) is 0 Å². The molecule has 2 aliphatic heterocycles. The highest BCUT2D eigenvalue weighted by atomic mass is 19.1. The monoisotopic (exact) mass is 348 g/mol. The van der Waals surface area contributed by atoms with E-state index in [-0.39, 0.29) is 17.6 Å². The molecule has 25 heavy (non-hydrogen) atoms. The maximum atomic E-state index is 13.4. The second kappa shape index (κ2) is 8.28. The predicted molar refractivity (Wildman–Crippen MR) is 96.0 cm³/mol. The number of morpholine rings is 1. The van der Waals surface area contributed by atoms with Gasteiger partial charge in [-0.1, -0.05) is 32.4 Å². The van der Waals surface area contributed by atoms with Crippen molar-refractivity contribution in [2.45, 2.75) is 38.6 Å². The summed E-state index contributed by atoms with van der Waals surface area (Å²) >= 11 is 0. The van der Waals surface area contributed by atoms with Crippen molar-refractivity contribution in [2.24, 2.45) is 5.92 Å². The maximum Gasteiger partial charge on any atom is 0.223 e. The van der Waals surface area contributed by atoms with E-state index in [9.17, 15) is 9.18 Å². The average Bonchev–Trinajstić information content (AvgIpc) is 3.07. The van der Waals surface area contributed by atoms with Gasteiger partial charge in [0.25, 0.3) is 0 Å². The molecule has 0 saturated carbocycles. The highest BCUT2D eigenvalue weighted by Gasteiger charge is 2.38. The Kier molecular flexibility index (Phi) is 6.07. The topological polar surface area (TPSA) is 32.8 Å². The Hall–Kier alpha value is -1.46. The van der Waals surface area contributed by atoms with Gasteiger partial charge in [-0.15, -0.1) is 0 Å². The van der Waals surface area contributed by atoms with E-state index < -0.39 is 0 Å². The van der Waals surface area contributed by atoms with Gasteiger partial charge < -0.3 is 9.64 Å². The van der Waals surface area contributed by atoms with Crippen molar-refractivity contribution < 1.29 is 13.9 Å². The standard InChI is InChI=1S/C20H29FN2O2/c1-3-16-13-23(14-19(16)22-7-9-25-10-8-22)20(24)11-15(2)17-5-4-6-18(21)12-17/h4-6,12,15-16,19H,3,7-11,13-14H2,1-2H3/t15-,16+,19+/m0/s1. The van der Waals surface area contributed by atoms with Gasteiger partial charge in [0.15, 0.2) is 0 Å². The van der Waals surface area contributed by atoms with Gasteiger partial charge in [0, 0.05) is 38.6 Å². The summed E-state index contributed by atoms with van der Waals surface area (Å²) in [6.45, 7) is 9.36. The van der Waals surface area contributed by atoms with Crippen molar-refractivity contribution in [1.29, 1.82) is 0 Å². The Morgan fingerprint density at radius 2 is 2.08 bits per heavy atom. The molecule has 2 saturated heterocycles. The molecule has 0 spiro atoms. The van der Waals surface area contributed by atoms with Gasteiger partial charge in [-0.3, -0.25) is 9.69 Å². The molecule has 1 aromatic carbocycles. The molecule has 2 fully saturated rings. The minimum Gasteiger partial charge on any atom is -0.379 e. The molecule has 0 aliphatic carbocycles. The number of likely N-dealkylation sites (tertiary alicyclic amines) is 1. The third-order valence-electron chi connectivity index (χ3n) is 5.70. The molecule has 4 nitrogen and oxygen atoms in total. The minimum absolute atomic E-state index is 0.0331. The molecule has 138 valence electrons. The average molecular weight is 348 g/mol. The van der Waals surface area contributed by atoms with Crippen molar-refractivity contribution in [3.63, 3.8) is 0 Å². The van der Waals surface area contributed by atoms with E-state index in [2.05, 4.69) is 11.8 Å². The van der Waals surface area contributed by atoms with Crippen molar-refractivity contribution >= 4 is 5.91 Å². The van der Waals surface area contributed by atoms with Crippen LogP contribution in [0.5, 0.6) is 0 Å². The molecule has 0 aromatic heterocycles. The van der Waals surface area contributed by atoms with Crippen LogP contribution < -0.4 is 0 Å². The van der Waals surface area contributed by atoms with E-state index in [0.717, 1.165) is 51.4 Å². The Bertz CT molecular complexity index is 589. The lowest BCUT2D eigenvalue weighted by atomic mass is 9.97. The number of nitrogens with zero attached hydrogens (tertiary/aromatic N) is 2. The van der Waals surface area contributed by atoms with Gasteiger partial charge in [-0.05, 0) is 29.5 Å². The first-order valence-electron chi connectivity index (χ1n) is 9.43. The Balaban J connectivity index is 1.60. The van der Waals surface area contributed by atoms with E-state index in [0.29, 0.717) is 18.4 Å². The van der Waals surface area contributed by atoms with E-state index >= 15 is 0 Å². The Labute approximate surface area is 149 Å². The fourth-order valence-electron chi connectivity index (χ4n) is 4.10. The second-order valence-corrected chi connectivity index (χ2v) is 7.34. The molecule has 2 aliphatic rings. The molecule has 0 N–H and O–H groups in total. The van der Waals surface area contributed by atoms with Crippen molar-refractivity contribution in [3.8, 4) is 0 Å². The normalized spacial score (nSPS) is 26.0. The molecule has 1 amide bonds. The van der Waals surface area contributed by atoms with Crippen LogP contribution in [0.1, 0.15) is 38.2 Å². The van der Waals surface area contributed by atoms with Crippen LogP contribution >= 0.6 is 0 Å². The third kappa shape index (κ3) is 4.39. The maximum absolute atomic E-state index is 13.4. The van der Waals surface area contributed by atoms with Gasteiger partial charge in [-0.2, -0.15) is 0 Å². The van der Waals surface area contributed by atoms with Gasteiger partial charge >= 0.3 is 0 Å². The van der Waals surface area contributed by atoms with Crippen LogP contribution in [-0.2, 0) is 9.53 Å². The van der Waals surface area contributed by atoms with E-state index in [1.165, 1.54) is 12.1 Å². The largest absolute Gasteiger partial charge is 0.379 e. The molecule has 3 atom stereocenters. The van der Waals surface area contributed by atoms with E-state index in [4.69, 9.17) is 4.74 Å². The van der Waals surface area contributed by atoms with Crippen LogP contribution in [0, 0.1) is 11.7 Å². The summed E-state index contributed by atoms with van der Waals surface area (Å²) < 4.78 is 18.9. The summed E-state index contributed by atoms with van der Waals surface area (Å²) in [7, 11) is 0. The zero-order valence-electron chi connectivity index (χ0n) is 15.3. The first-order valence-corrected chi connectivity index (χ1v) is 9.43. The number of hydrogen-bond acceptors (Lipinski definition) is 3. The van der Waals surface area contributed by atoms with Crippen LogP contribution in [0.4, 0.5) is 4.39 Å². The highest BCUT2D eigenvalue weighted by molar-refractivity contribution is 5.77. The number of amides is 1. The number of halogens is 1. The second-order valence-electron chi connectivity index (χ2n) is 7.34. The van der Waals surface area contributed by atoms with Gasteiger partial charge in [0.2, 0.25) is 5.91 Å². The molecular weight excluding hydrogens is 319 g/mol. The van der Waals surface area contributed by atoms with Gasteiger partial charge in [0.1, 0.15) is 5.82 Å². The number of carbonyl (C=O) groups is 1. The summed E-state index contributed by atoms with van der Waals surface area (Å²) in [6, 6.07) is 7.03. The fraction of sp³-hybridized carbons (Fsp3) is 0.650. The SMILES string of the molecule is CC[C@@H]1CN(C(=O)C[C@H](C)c2cccc(F)c2)C[C@H]1N1CCOCC1. The van der Waals surface area contributed by atoms with Crippen LogP contribution in [0.15, 0.2) is 24.3 Å². The third-order valence-corrected chi connectivity index (χ3v) is 5.70. The molecule has 0 bridgehead atoms. The number of rotatable bonds is 5. The number of ether oxygens (including phenoxy) is 1. The summed E-state index contributed by atoms with van der Waals surface area (Å²) in [5.74, 6) is 0.514. The number of benzene rings is 1. The number of carbonyl (C=O) groups excluding carboxylic acids is 1. The highest BCUT2D eigenvalue weighted by Crippen LogP contribution is 2.28. The molecule has 3 rings (SSSR count). The van der Waals surface area contributed by atoms with Crippen LogP contribution in [0.3, 0.4) is 0 Å². The molecule has 0 unspecified atom stereocenters. The van der Waals surface area contributed by atoms with E-state index in [1.807, 2.05) is 17.9 Å². The first-order chi connectivity index (χ1) is 12.1. The lowest BCUT2D eigenvalue weighted by Gasteiger charge is -2.34. The zero-order valence-corrected chi connectivity index (χ0v) is 15.3. The van der Waals surface area contributed by atoms with E-state index in [1.54, 1.807) is 6.07 Å². The minimum atomic E-state index is -0.239. The predicted octanol–water partition coefficient (Wildman–Crippen LogP) is 2.89. The van der Waals surface area contributed by atoms with Crippen molar-refractivity contribution in [3.05, 3.63) is 35.6 Å².